The Hall–Kier alpha value is -0.970. The van der Waals surface area contributed by atoms with Gasteiger partial charge in [0.15, 0.2) is 0 Å². The van der Waals surface area contributed by atoms with E-state index in [-0.39, 0.29) is 5.82 Å². The molecule has 0 amide bonds. The van der Waals surface area contributed by atoms with Crippen LogP contribution in [0.5, 0.6) is 0 Å². The van der Waals surface area contributed by atoms with Crippen molar-refractivity contribution in [3.05, 3.63) is 35.6 Å². The molecule has 0 radical (unpaired) electrons. The molecule has 3 heterocycles. The fourth-order valence-corrected chi connectivity index (χ4v) is 3.59. The Bertz CT molecular complexity index is 440. The summed E-state index contributed by atoms with van der Waals surface area (Å²) in [5, 5.41) is 3.73. The quantitative estimate of drug-likeness (QED) is 0.861. The molecule has 2 atom stereocenters. The number of hydrogen-bond acceptors (Lipinski definition) is 3. The number of nitrogens with one attached hydrogen (secondary N) is 1. The second kappa shape index (κ2) is 6.86. The fourth-order valence-electron chi connectivity index (χ4n) is 3.59. The predicted octanol–water partition coefficient (Wildman–Crippen LogP) is 1.74. The Morgan fingerprint density at radius 2 is 1.90 bits per heavy atom. The first-order valence-corrected chi connectivity index (χ1v) is 8.20. The van der Waals surface area contributed by atoms with Gasteiger partial charge in [-0.05, 0) is 37.1 Å². The van der Waals surface area contributed by atoms with Gasteiger partial charge >= 0.3 is 0 Å². The third-order valence-electron chi connectivity index (χ3n) is 4.81. The molecule has 0 aliphatic carbocycles. The van der Waals surface area contributed by atoms with E-state index >= 15 is 0 Å². The van der Waals surface area contributed by atoms with Gasteiger partial charge in [-0.3, -0.25) is 9.80 Å². The second-order valence-electron chi connectivity index (χ2n) is 6.30. The third-order valence-corrected chi connectivity index (χ3v) is 4.81. The first kappa shape index (κ1) is 14.9. The van der Waals surface area contributed by atoms with Crippen molar-refractivity contribution in [1.29, 1.82) is 0 Å². The zero-order valence-electron chi connectivity index (χ0n) is 12.9. The topological polar surface area (TPSA) is 18.5 Å². The normalized spacial score (nSPS) is 29.5. The summed E-state index contributed by atoms with van der Waals surface area (Å²) in [4.78, 5) is 5.22. The molecule has 0 saturated carbocycles. The summed E-state index contributed by atoms with van der Waals surface area (Å²) in [5.74, 6) is -0.150. The van der Waals surface area contributed by atoms with Gasteiger partial charge in [0.2, 0.25) is 0 Å². The minimum absolute atomic E-state index is 0.150. The van der Waals surface area contributed by atoms with Gasteiger partial charge in [-0.1, -0.05) is 19.1 Å². The molecule has 3 aliphatic heterocycles. The first-order chi connectivity index (χ1) is 10.3. The second-order valence-corrected chi connectivity index (χ2v) is 6.30. The zero-order chi connectivity index (χ0) is 14.7. The molecule has 0 aromatic heterocycles. The van der Waals surface area contributed by atoms with Gasteiger partial charge in [0, 0.05) is 44.8 Å². The summed E-state index contributed by atoms with van der Waals surface area (Å²) in [7, 11) is 0. The van der Waals surface area contributed by atoms with Crippen molar-refractivity contribution in [2.75, 3.05) is 39.3 Å². The maximum atomic E-state index is 13.1. The van der Waals surface area contributed by atoms with Gasteiger partial charge in [-0.2, -0.15) is 0 Å². The van der Waals surface area contributed by atoms with Gasteiger partial charge in [0.1, 0.15) is 5.82 Å². The number of halogens is 1. The standard InChI is InChI=1S/C17H26FN3/c1-2-7-19-16(12-14-3-5-15(18)6-4-14)17-13-20-8-10-21(17)11-9-20/h3-6,16-17,19H,2,7-13H2,1H3. The van der Waals surface area contributed by atoms with Crippen LogP contribution in [-0.4, -0.2) is 61.2 Å². The number of hydrogen-bond donors (Lipinski definition) is 1. The summed E-state index contributed by atoms with van der Waals surface area (Å²) in [6, 6.07) is 8.04. The van der Waals surface area contributed by atoms with Crippen LogP contribution in [0.2, 0.25) is 0 Å². The van der Waals surface area contributed by atoms with Crippen molar-refractivity contribution >= 4 is 0 Å². The number of rotatable bonds is 6. The Morgan fingerprint density at radius 3 is 2.48 bits per heavy atom. The highest BCUT2D eigenvalue weighted by atomic mass is 19.1. The van der Waals surface area contributed by atoms with E-state index < -0.39 is 0 Å². The molecular formula is C17H26FN3. The zero-order valence-corrected chi connectivity index (χ0v) is 12.9. The van der Waals surface area contributed by atoms with E-state index in [4.69, 9.17) is 0 Å². The molecule has 1 aromatic carbocycles. The van der Waals surface area contributed by atoms with Gasteiger partial charge in [-0.15, -0.1) is 0 Å². The molecule has 116 valence electrons. The van der Waals surface area contributed by atoms with Gasteiger partial charge in [-0.25, -0.2) is 4.39 Å². The minimum Gasteiger partial charge on any atom is -0.312 e. The van der Waals surface area contributed by atoms with Crippen LogP contribution in [0.15, 0.2) is 24.3 Å². The fraction of sp³-hybridized carbons (Fsp3) is 0.647. The van der Waals surface area contributed by atoms with Crippen LogP contribution in [0.4, 0.5) is 4.39 Å². The lowest BCUT2D eigenvalue weighted by molar-refractivity contribution is -0.00309. The maximum Gasteiger partial charge on any atom is 0.123 e. The smallest absolute Gasteiger partial charge is 0.123 e. The molecule has 4 rings (SSSR count). The van der Waals surface area contributed by atoms with Crippen LogP contribution < -0.4 is 5.32 Å². The summed E-state index contributed by atoms with van der Waals surface area (Å²) < 4.78 is 13.1. The molecular weight excluding hydrogens is 265 g/mol. The predicted molar refractivity (Wildman–Crippen MR) is 84.0 cm³/mol. The maximum absolute atomic E-state index is 13.1. The van der Waals surface area contributed by atoms with Gasteiger partial charge in [0.25, 0.3) is 0 Å². The highest BCUT2D eigenvalue weighted by molar-refractivity contribution is 5.18. The van der Waals surface area contributed by atoms with Crippen molar-refractivity contribution in [3.8, 4) is 0 Å². The molecule has 1 aromatic rings. The number of benzene rings is 1. The van der Waals surface area contributed by atoms with E-state index in [9.17, 15) is 4.39 Å². The van der Waals surface area contributed by atoms with Crippen LogP contribution >= 0.6 is 0 Å². The van der Waals surface area contributed by atoms with Gasteiger partial charge in [0.05, 0.1) is 0 Å². The van der Waals surface area contributed by atoms with Crippen molar-refractivity contribution in [1.82, 2.24) is 15.1 Å². The summed E-state index contributed by atoms with van der Waals surface area (Å²) in [6.45, 7) is 9.25. The average molecular weight is 291 g/mol. The molecule has 3 saturated heterocycles. The summed E-state index contributed by atoms with van der Waals surface area (Å²) >= 11 is 0. The van der Waals surface area contributed by atoms with Crippen LogP contribution in [-0.2, 0) is 6.42 Å². The van der Waals surface area contributed by atoms with E-state index in [0.29, 0.717) is 12.1 Å². The van der Waals surface area contributed by atoms with Gasteiger partial charge < -0.3 is 5.32 Å². The monoisotopic (exact) mass is 291 g/mol. The van der Waals surface area contributed by atoms with Crippen LogP contribution in [0.1, 0.15) is 18.9 Å². The lowest BCUT2D eigenvalue weighted by Gasteiger charge is -2.50. The molecule has 2 unspecified atom stereocenters. The first-order valence-electron chi connectivity index (χ1n) is 8.20. The van der Waals surface area contributed by atoms with Crippen molar-refractivity contribution in [2.24, 2.45) is 0 Å². The van der Waals surface area contributed by atoms with Crippen LogP contribution in [0.3, 0.4) is 0 Å². The Morgan fingerprint density at radius 1 is 1.19 bits per heavy atom. The average Bonchev–Trinajstić information content (AvgIpc) is 2.54. The van der Waals surface area contributed by atoms with E-state index in [1.165, 1.54) is 38.3 Å². The number of fused-ring (bicyclic) bond motifs is 3. The lowest BCUT2D eigenvalue weighted by atomic mass is 9.94. The summed E-state index contributed by atoms with van der Waals surface area (Å²) in [6.07, 6.45) is 2.13. The number of piperazine rings is 3. The van der Waals surface area contributed by atoms with Crippen LogP contribution in [0.25, 0.3) is 0 Å². The highest BCUT2D eigenvalue weighted by Crippen LogP contribution is 2.20. The molecule has 3 fully saturated rings. The van der Waals surface area contributed by atoms with E-state index in [1.54, 1.807) is 12.1 Å². The highest BCUT2D eigenvalue weighted by Gasteiger charge is 2.36. The van der Waals surface area contributed by atoms with Crippen molar-refractivity contribution < 1.29 is 4.39 Å². The largest absolute Gasteiger partial charge is 0.312 e. The Kier molecular flexibility index (Phi) is 4.88. The van der Waals surface area contributed by atoms with Crippen molar-refractivity contribution in [2.45, 2.75) is 31.8 Å². The molecule has 1 N–H and O–H groups in total. The number of nitrogens with zero attached hydrogens (tertiary/aromatic N) is 2. The summed E-state index contributed by atoms with van der Waals surface area (Å²) in [5.41, 5.74) is 1.22. The molecule has 21 heavy (non-hydrogen) atoms. The molecule has 3 nitrogen and oxygen atoms in total. The Labute approximate surface area is 127 Å². The SMILES string of the molecule is CCCNC(Cc1ccc(F)cc1)C1CN2CCN1CC2. The Balaban J connectivity index is 1.69. The van der Waals surface area contributed by atoms with E-state index in [2.05, 4.69) is 22.0 Å². The lowest BCUT2D eigenvalue weighted by Crippen LogP contribution is -2.66. The molecule has 4 heteroatoms. The third kappa shape index (κ3) is 3.62. The molecule has 2 bridgehead atoms. The van der Waals surface area contributed by atoms with E-state index in [0.717, 1.165) is 19.4 Å². The van der Waals surface area contributed by atoms with Crippen LogP contribution in [0, 0.1) is 5.82 Å². The molecule has 0 spiro atoms. The minimum atomic E-state index is -0.150. The molecule has 3 aliphatic rings. The van der Waals surface area contributed by atoms with Crippen molar-refractivity contribution in [3.63, 3.8) is 0 Å². The van der Waals surface area contributed by atoms with E-state index in [1.807, 2.05) is 12.1 Å².